The molecule has 1 saturated carbocycles. The van der Waals surface area contributed by atoms with Gasteiger partial charge in [-0.3, -0.25) is 24.4 Å². The molecule has 3 N–H and O–H groups in total. The molecule has 3 heterocycles. The minimum atomic E-state index is -0.514. The number of morpholine rings is 1. The third kappa shape index (κ3) is 7.42. The number of ether oxygens (including phenoxy) is 1. The van der Waals surface area contributed by atoms with Crippen LogP contribution >= 0.6 is 0 Å². The number of hydrogen-bond acceptors (Lipinski definition) is 7. The number of nitrogens with two attached hydrogens (primary N) is 1. The first-order valence-electron chi connectivity index (χ1n) is 14.4. The minimum Gasteiger partial charge on any atom is -0.379 e. The van der Waals surface area contributed by atoms with Crippen molar-refractivity contribution in [1.82, 2.24) is 25.0 Å². The Morgan fingerprint density at radius 2 is 1.82 bits per heavy atom. The molecule has 2 amide bonds. The SMILES string of the molecule is NC1CCC(NC(=O)C2CC(N(CCN3CCOCC3)Cc3ccccc3)CN2C(=O)c2cccnc2)CC1. The second-order valence-electron chi connectivity index (χ2n) is 11.1. The number of benzene rings is 1. The van der Waals surface area contributed by atoms with Crippen LogP contribution < -0.4 is 11.1 Å². The molecule has 9 heteroatoms. The van der Waals surface area contributed by atoms with Crippen LogP contribution in [0.5, 0.6) is 0 Å². The van der Waals surface area contributed by atoms with Crippen molar-refractivity contribution in [1.29, 1.82) is 0 Å². The van der Waals surface area contributed by atoms with Gasteiger partial charge in [0.15, 0.2) is 0 Å². The molecule has 0 radical (unpaired) electrons. The van der Waals surface area contributed by atoms with Crippen molar-refractivity contribution in [2.45, 2.75) is 62.8 Å². The van der Waals surface area contributed by atoms with Gasteiger partial charge in [0.25, 0.3) is 5.91 Å². The van der Waals surface area contributed by atoms with Crippen LogP contribution in [0, 0.1) is 0 Å². The van der Waals surface area contributed by atoms with Crippen LogP contribution in [-0.4, -0.2) is 102 Å². The molecule has 3 aliphatic rings. The summed E-state index contributed by atoms with van der Waals surface area (Å²) < 4.78 is 5.54. The van der Waals surface area contributed by atoms with Gasteiger partial charge in [0.2, 0.25) is 5.91 Å². The molecule has 2 saturated heterocycles. The Morgan fingerprint density at radius 1 is 1.05 bits per heavy atom. The van der Waals surface area contributed by atoms with Crippen LogP contribution in [-0.2, 0) is 16.1 Å². The standard InChI is InChI=1S/C30H42N6O3/c31-25-8-10-26(11-9-25)33-29(37)28-19-27(22-36(28)30(38)24-7-4-12-32-20-24)35(21-23-5-2-1-3-6-23)14-13-34-15-17-39-18-16-34/h1-7,12,20,25-28H,8-11,13-19,21-22,31H2,(H,33,37). The lowest BCUT2D eigenvalue weighted by atomic mass is 9.91. The Kier molecular flexibility index (Phi) is 9.58. The van der Waals surface area contributed by atoms with E-state index in [1.54, 1.807) is 29.4 Å². The first-order valence-corrected chi connectivity index (χ1v) is 14.4. The summed E-state index contributed by atoms with van der Waals surface area (Å²) in [7, 11) is 0. The maximum Gasteiger partial charge on any atom is 0.256 e. The van der Waals surface area contributed by atoms with Gasteiger partial charge in [-0.1, -0.05) is 30.3 Å². The highest BCUT2D eigenvalue weighted by molar-refractivity contribution is 5.97. The Balaban J connectivity index is 1.34. The molecule has 1 aliphatic carbocycles. The second-order valence-corrected chi connectivity index (χ2v) is 11.1. The van der Waals surface area contributed by atoms with Gasteiger partial charge in [-0.15, -0.1) is 0 Å². The van der Waals surface area contributed by atoms with Crippen molar-refractivity contribution >= 4 is 11.8 Å². The molecular weight excluding hydrogens is 492 g/mol. The summed E-state index contributed by atoms with van der Waals surface area (Å²) in [5.41, 5.74) is 7.83. The summed E-state index contributed by atoms with van der Waals surface area (Å²) in [4.78, 5) is 38.2. The van der Waals surface area contributed by atoms with Crippen LogP contribution in [0.15, 0.2) is 54.9 Å². The van der Waals surface area contributed by atoms with Crippen LogP contribution in [0.4, 0.5) is 0 Å². The zero-order valence-corrected chi connectivity index (χ0v) is 22.8. The van der Waals surface area contributed by atoms with Crippen molar-refractivity contribution < 1.29 is 14.3 Å². The number of hydrogen-bond donors (Lipinski definition) is 2. The van der Waals surface area contributed by atoms with Crippen molar-refractivity contribution in [3.05, 3.63) is 66.0 Å². The maximum absolute atomic E-state index is 13.7. The van der Waals surface area contributed by atoms with Gasteiger partial charge >= 0.3 is 0 Å². The van der Waals surface area contributed by atoms with Crippen LogP contribution in [0.2, 0.25) is 0 Å². The molecule has 210 valence electrons. The molecule has 2 aliphatic heterocycles. The minimum absolute atomic E-state index is 0.0527. The Bertz CT molecular complexity index is 1060. The summed E-state index contributed by atoms with van der Waals surface area (Å²) in [6, 6.07) is 13.9. The van der Waals surface area contributed by atoms with Gasteiger partial charge in [-0.25, -0.2) is 0 Å². The number of pyridine rings is 1. The molecule has 3 fully saturated rings. The number of amides is 2. The smallest absolute Gasteiger partial charge is 0.256 e. The van der Waals surface area contributed by atoms with E-state index in [0.717, 1.165) is 71.6 Å². The number of likely N-dealkylation sites (tertiary alicyclic amines) is 1. The number of carbonyl (C=O) groups excluding carboxylic acids is 2. The van der Waals surface area contributed by atoms with Gasteiger partial charge in [0.1, 0.15) is 6.04 Å². The summed E-state index contributed by atoms with van der Waals surface area (Å²) in [6.45, 7) is 6.49. The van der Waals surface area contributed by atoms with E-state index in [-0.39, 0.29) is 29.9 Å². The van der Waals surface area contributed by atoms with Gasteiger partial charge < -0.3 is 20.7 Å². The summed E-state index contributed by atoms with van der Waals surface area (Å²) in [6.07, 6.45) is 7.48. The van der Waals surface area contributed by atoms with Crippen LogP contribution in [0.25, 0.3) is 0 Å². The Labute approximate surface area is 231 Å². The molecule has 1 aromatic heterocycles. The van der Waals surface area contributed by atoms with E-state index < -0.39 is 6.04 Å². The summed E-state index contributed by atoms with van der Waals surface area (Å²) in [5.74, 6) is -0.188. The Morgan fingerprint density at radius 3 is 2.54 bits per heavy atom. The zero-order chi connectivity index (χ0) is 27.0. The van der Waals surface area contributed by atoms with E-state index in [1.165, 1.54) is 5.56 Å². The Hall–Kier alpha value is -2.85. The lowest BCUT2D eigenvalue weighted by Gasteiger charge is -2.33. The normalized spacial score (nSPS) is 26.1. The lowest BCUT2D eigenvalue weighted by Crippen LogP contribution is -2.50. The zero-order valence-electron chi connectivity index (χ0n) is 22.8. The molecule has 2 atom stereocenters. The first kappa shape index (κ1) is 27.7. The molecule has 5 rings (SSSR count). The predicted octanol–water partition coefficient (Wildman–Crippen LogP) is 1.89. The van der Waals surface area contributed by atoms with Gasteiger partial charge in [0.05, 0.1) is 18.8 Å². The molecule has 1 aromatic carbocycles. The third-order valence-electron chi connectivity index (χ3n) is 8.42. The van der Waals surface area contributed by atoms with Gasteiger partial charge in [-0.2, -0.15) is 0 Å². The fourth-order valence-corrected chi connectivity index (χ4v) is 6.07. The van der Waals surface area contributed by atoms with Gasteiger partial charge in [0, 0.05) is 69.8 Å². The molecule has 0 spiro atoms. The van der Waals surface area contributed by atoms with Crippen molar-refractivity contribution in [3.63, 3.8) is 0 Å². The molecule has 0 bridgehead atoms. The number of carbonyl (C=O) groups is 2. The highest BCUT2D eigenvalue weighted by Gasteiger charge is 2.42. The van der Waals surface area contributed by atoms with E-state index >= 15 is 0 Å². The van der Waals surface area contributed by atoms with Crippen molar-refractivity contribution in [2.75, 3.05) is 45.9 Å². The van der Waals surface area contributed by atoms with Crippen LogP contribution in [0.3, 0.4) is 0 Å². The average molecular weight is 535 g/mol. The first-order chi connectivity index (χ1) is 19.1. The molecule has 2 aromatic rings. The van der Waals surface area contributed by atoms with E-state index in [4.69, 9.17) is 10.5 Å². The van der Waals surface area contributed by atoms with Crippen molar-refractivity contribution in [3.8, 4) is 0 Å². The van der Waals surface area contributed by atoms with Gasteiger partial charge in [-0.05, 0) is 49.8 Å². The number of nitrogens with zero attached hydrogens (tertiary/aromatic N) is 4. The second kappa shape index (κ2) is 13.5. The summed E-state index contributed by atoms with van der Waals surface area (Å²) in [5, 5.41) is 3.27. The molecular formula is C30H42N6O3. The van der Waals surface area contributed by atoms with E-state index in [2.05, 4.69) is 44.4 Å². The fraction of sp³-hybridized carbons (Fsp3) is 0.567. The monoisotopic (exact) mass is 534 g/mol. The number of aromatic nitrogens is 1. The van der Waals surface area contributed by atoms with E-state index in [0.29, 0.717) is 18.5 Å². The maximum atomic E-state index is 13.7. The third-order valence-corrected chi connectivity index (χ3v) is 8.42. The molecule has 39 heavy (non-hydrogen) atoms. The lowest BCUT2D eigenvalue weighted by molar-refractivity contribution is -0.125. The number of rotatable bonds is 9. The van der Waals surface area contributed by atoms with E-state index in [1.807, 2.05) is 6.07 Å². The fourth-order valence-electron chi connectivity index (χ4n) is 6.07. The summed E-state index contributed by atoms with van der Waals surface area (Å²) >= 11 is 0. The largest absolute Gasteiger partial charge is 0.379 e. The quantitative estimate of drug-likeness (QED) is 0.506. The van der Waals surface area contributed by atoms with E-state index in [9.17, 15) is 9.59 Å². The average Bonchev–Trinajstić information content (AvgIpc) is 3.43. The topological polar surface area (TPSA) is 104 Å². The van der Waals surface area contributed by atoms with Crippen LogP contribution in [0.1, 0.15) is 48.0 Å². The number of nitrogens with one attached hydrogen (secondary N) is 1. The molecule has 2 unspecified atom stereocenters. The highest BCUT2D eigenvalue weighted by Crippen LogP contribution is 2.27. The van der Waals surface area contributed by atoms with Crippen molar-refractivity contribution in [2.24, 2.45) is 5.73 Å². The highest BCUT2D eigenvalue weighted by atomic mass is 16.5. The molecule has 9 nitrogen and oxygen atoms in total. The predicted molar refractivity (Wildman–Crippen MR) is 150 cm³/mol.